The van der Waals surface area contributed by atoms with E-state index >= 15 is 0 Å². The number of hydrogen-bond acceptors (Lipinski definition) is 3. The van der Waals surface area contributed by atoms with Gasteiger partial charge in [0.2, 0.25) is 0 Å². The SMILES string of the molecule is CC(C)(C)OC(=O)[C@@H](N)CC1CCCCC1. The lowest BCUT2D eigenvalue weighted by molar-refractivity contribution is -0.157. The molecule has 1 rings (SSSR count). The van der Waals surface area contributed by atoms with Crippen molar-refractivity contribution in [1.82, 2.24) is 0 Å². The number of ether oxygens (including phenoxy) is 1. The molecule has 94 valence electrons. The first kappa shape index (κ1) is 13.5. The zero-order valence-corrected chi connectivity index (χ0v) is 10.8. The predicted molar refractivity (Wildman–Crippen MR) is 65.0 cm³/mol. The number of esters is 1. The Morgan fingerprint density at radius 2 is 1.88 bits per heavy atom. The fourth-order valence-electron chi connectivity index (χ4n) is 2.26. The molecule has 0 radical (unpaired) electrons. The van der Waals surface area contributed by atoms with Crippen molar-refractivity contribution in [3.63, 3.8) is 0 Å². The summed E-state index contributed by atoms with van der Waals surface area (Å²) >= 11 is 0. The number of nitrogens with two attached hydrogens (primary N) is 1. The molecule has 1 atom stereocenters. The summed E-state index contributed by atoms with van der Waals surface area (Å²) in [7, 11) is 0. The molecule has 0 bridgehead atoms. The second-order valence-corrected chi connectivity index (χ2v) is 5.88. The summed E-state index contributed by atoms with van der Waals surface area (Å²) < 4.78 is 5.28. The van der Waals surface area contributed by atoms with E-state index in [1.54, 1.807) is 0 Å². The predicted octanol–water partition coefficient (Wildman–Crippen LogP) is 2.63. The average molecular weight is 227 g/mol. The molecule has 1 aliphatic carbocycles. The minimum atomic E-state index is -0.442. The average Bonchev–Trinajstić information content (AvgIpc) is 2.16. The van der Waals surface area contributed by atoms with Crippen molar-refractivity contribution in [1.29, 1.82) is 0 Å². The third-order valence-corrected chi connectivity index (χ3v) is 3.02. The summed E-state index contributed by atoms with van der Waals surface area (Å²) in [6.07, 6.45) is 7.12. The van der Waals surface area contributed by atoms with Gasteiger partial charge in [-0.15, -0.1) is 0 Å². The third-order valence-electron chi connectivity index (χ3n) is 3.02. The van der Waals surface area contributed by atoms with E-state index in [4.69, 9.17) is 10.5 Å². The summed E-state index contributed by atoms with van der Waals surface area (Å²) in [6, 6.07) is -0.442. The van der Waals surface area contributed by atoms with Crippen molar-refractivity contribution in [3.8, 4) is 0 Å². The Labute approximate surface area is 98.7 Å². The minimum Gasteiger partial charge on any atom is -0.459 e. The molecule has 3 heteroatoms. The Kier molecular flexibility index (Phi) is 4.78. The van der Waals surface area contributed by atoms with Crippen LogP contribution in [-0.2, 0) is 9.53 Å². The standard InChI is InChI=1S/C13H25NO2/c1-13(2,3)16-12(15)11(14)9-10-7-5-4-6-8-10/h10-11H,4-9,14H2,1-3H3/t11-/m0/s1. The van der Waals surface area contributed by atoms with Crippen LogP contribution in [0.2, 0.25) is 0 Å². The Morgan fingerprint density at radius 1 is 1.31 bits per heavy atom. The van der Waals surface area contributed by atoms with Crippen molar-refractivity contribution in [3.05, 3.63) is 0 Å². The van der Waals surface area contributed by atoms with Crippen LogP contribution >= 0.6 is 0 Å². The molecule has 0 aromatic heterocycles. The quantitative estimate of drug-likeness (QED) is 0.754. The molecule has 2 N–H and O–H groups in total. The van der Waals surface area contributed by atoms with E-state index in [0.717, 1.165) is 6.42 Å². The van der Waals surface area contributed by atoms with E-state index in [1.807, 2.05) is 20.8 Å². The fourth-order valence-corrected chi connectivity index (χ4v) is 2.26. The summed E-state index contributed by atoms with van der Waals surface area (Å²) in [6.45, 7) is 5.62. The Bertz CT molecular complexity index is 227. The van der Waals surface area contributed by atoms with Gasteiger partial charge >= 0.3 is 5.97 Å². The summed E-state index contributed by atoms with van der Waals surface area (Å²) in [5.74, 6) is 0.370. The van der Waals surface area contributed by atoms with E-state index < -0.39 is 11.6 Å². The molecule has 0 saturated heterocycles. The number of hydrogen-bond donors (Lipinski definition) is 1. The van der Waals surface area contributed by atoms with E-state index in [-0.39, 0.29) is 5.97 Å². The smallest absolute Gasteiger partial charge is 0.323 e. The maximum absolute atomic E-state index is 11.7. The van der Waals surface area contributed by atoms with Gasteiger partial charge in [0.15, 0.2) is 0 Å². The molecule has 0 unspecified atom stereocenters. The van der Waals surface area contributed by atoms with Crippen LogP contribution in [0, 0.1) is 5.92 Å². The summed E-state index contributed by atoms with van der Waals surface area (Å²) in [5, 5.41) is 0. The van der Waals surface area contributed by atoms with Crippen LogP contribution in [0.4, 0.5) is 0 Å². The monoisotopic (exact) mass is 227 g/mol. The molecule has 0 aromatic rings. The largest absolute Gasteiger partial charge is 0.459 e. The van der Waals surface area contributed by atoms with Gasteiger partial charge in [0.05, 0.1) is 0 Å². The van der Waals surface area contributed by atoms with Crippen molar-refractivity contribution >= 4 is 5.97 Å². The molecular formula is C13H25NO2. The van der Waals surface area contributed by atoms with Gasteiger partial charge in [-0.2, -0.15) is 0 Å². The van der Waals surface area contributed by atoms with Crippen LogP contribution < -0.4 is 5.73 Å². The van der Waals surface area contributed by atoms with E-state index in [2.05, 4.69) is 0 Å². The van der Waals surface area contributed by atoms with Gasteiger partial charge < -0.3 is 10.5 Å². The molecule has 0 heterocycles. The molecule has 0 aliphatic heterocycles. The molecule has 1 fully saturated rings. The maximum Gasteiger partial charge on any atom is 0.323 e. The van der Waals surface area contributed by atoms with Crippen LogP contribution in [-0.4, -0.2) is 17.6 Å². The normalized spacial score (nSPS) is 20.5. The summed E-state index contributed by atoms with van der Waals surface area (Å²) in [4.78, 5) is 11.7. The Morgan fingerprint density at radius 3 is 2.38 bits per heavy atom. The lowest BCUT2D eigenvalue weighted by atomic mass is 9.85. The van der Waals surface area contributed by atoms with Gasteiger partial charge in [-0.1, -0.05) is 32.1 Å². The lowest BCUT2D eigenvalue weighted by Crippen LogP contribution is -2.38. The molecule has 3 nitrogen and oxygen atoms in total. The van der Waals surface area contributed by atoms with E-state index in [1.165, 1.54) is 32.1 Å². The van der Waals surface area contributed by atoms with Gasteiger partial charge in [-0.05, 0) is 33.1 Å². The molecule has 1 saturated carbocycles. The van der Waals surface area contributed by atoms with Crippen LogP contribution in [0.1, 0.15) is 59.3 Å². The third kappa shape index (κ3) is 4.97. The van der Waals surface area contributed by atoms with E-state index in [9.17, 15) is 4.79 Å². The van der Waals surface area contributed by atoms with Gasteiger partial charge in [-0.25, -0.2) is 0 Å². The molecule has 0 aromatic carbocycles. The van der Waals surface area contributed by atoms with Gasteiger partial charge in [0.25, 0.3) is 0 Å². The zero-order valence-electron chi connectivity index (χ0n) is 10.8. The molecule has 1 aliphatic rings. The van der Waals surface area contributed by atoms with Crippen LogP contribution in [0.3, 0.4) is 0 Å². The highest BCUT2D eigenvalue weighted by Crippen LogP contribution is 2.27. The molecule has 0 amide bonds. The topological polar surface area (TPSA) is 52.3 Å². The maximum atomic E-state index is 11.7. The van der Waals surface area contributed by atoms with Gasteiger partial charge in [0.1, 0.15) is 11.6 Å². The van der Waals surface area contributed by atoms with Crippen LogP contribution in [0.15, 0.2) is 0 Å². The Balaban J connectivity index is 2.33. The molecule has 16 heavy (non-hydrogen) atoms. The fraction of sp³-hybridized carbons (Fsp3) is 0.923. The lowest BCUT2D eigenvalue weighted by Gasteiger charge is -2.26. The molecular weight excluding hydrogens is 202 g/mol. The minimum absolute atomic E-state index is 0.252. The van der Waals surface area contributed by atoms with Gasteiger partial charge in [0, 0.05) is 0 Å². The second kappa shape index (κ2) is 5.67. The number of carbonyl (C=O) groups is 1. The van der Waals surface area contributed by atoms with E-state index in [0.29, 0.717) is 5.92 Å². The number of carbonyl (C=O) groups excluding carboxylic acids is 1. The second-order valence-electron chi connectivity index (χ2n) is 5.88. The highest BCUT2D eigenvalue weighted by molar-refractivity contribution is 5.75. The molecule has 0 spiro atoms. The van der Waals surface area contributed by atoms with Crippen LogP contribution in [0.25, 0.3) is 0 Å². The summed E-state index contributed by atoms with van der Waals surface area (Å²) in [5.41, 5.74) is 5.45. The highest BCUT2D eigenvalue weighted by atomic mass is 16.6. The Hall–Kier alpha value is -0.570. The highest BCUT2D eigenvalue weighted by Gasteiger charge is 2.25. The first-order valence-corrected chi connectivity index (χ1v) is 6.37. The van der Waals surface area contributed by atoms with Crippen LogP contribution in [0.5, 0.6) is 0 Å². The van der Waals surface area contributed by atoms with Crippen molar-refractivity contribution in [2.75, 3.05) is 0 Å². The van der Waals surface area contributed by atoms with Crippen molar-refractivity contribution in [2.45, 2.75) is 70.9 Å². The van der Waals surface area contributed by atoms with Gasteiger partial charge in [-0.3, -0.25) is 4.79 Å². The first-order chi connectivity index (χ1) is 7.38. The van der Waals surface area contributed by atoms with Crippen molar-refractivity contribution in [2.24, 2.45) is 11.7 Å². The first-order valence-electron chi connectivity index (χ1n) is 6.37. The number of rotatable bonds is 3. The van der Waals surface area contributed by atoms with Crippen molar-refractivity contribution < 1.29 is 9.53 Å². The zero-order chi connectivity index (χ0) is 12.2.